The summed E-state index contributed by atoms with van der Waals surface area (Å²) in [5.74, 6) is -0.885. The number of hydrogen-bond donors (Lipinski definition) is 0. The quantitative estimate of drug-likeness (QED) is 0.396. The van der Waals surface area contributed by atoms with Crippen LogP contribution in [0.4, 0.5) is 4.39 Å². The fraction of sp³-hybridized carbons (Fsp3) is 0.200. The summed E-state index contributed by atoms with van der Waals surface area (Å²) >= 11 is 6.04. The third kappa shape index (κ3) is 4.19. The van der Waals surface area contributed by atoms with Crippen molar-refractivity contribution in [2.24, 2.45) is 0 Å². The van der Waals surface area contributed by atoms with Gasteiger partial charge in [0, 0.05) is 35.6 Å². The fourth-order valence-corrected chi connectivity index (χ4v) is 4.41. The lowest BCUT2D eigenvalue weighted by molar-refractivity contribution is 0.0429. The minimum Gasteiger partial charge on any atom is -0.451 e. The minimum absolute atomic E-state index is 0.0442. The number of aromatic nitrogens is 3. The molecule has 8 nitrogen and oxygen atoms in total. The van der Waals surface area contributed by atoms with Crippen molar-refractivity contribution in [2.75, 3.05) is 19.6 Å². The maximum atomic E-state index is 13.7. The highest BCUT2D eigenvalue weighted by Gasteiger charge is 2.35. The van der Waals surface area contributed by atoms with Crippen LogP contribution in [0.3, 0.4) is 0 Å². The number of carbonyl (C=O) groups is 2. The lowest BCUT2D eigenvalue weighted by Crippen LogP contribution is -2.56. The molecule has 10 heteroatoms. The zero-order chi connectivity index (χ0) is 24.7. The van der Waals surface area contributed by atoms with E-state index in [-0.39, 0.29) is 43.0 Å². The number of hydrogen-bond acceptors (Lipinski definition) is 5. The molecule has 0 aliphatic carbocycles. The van der Waals surface area contributed by atoms with Gasteiger partial charge in [-0.1, -0.05) is 23.7 Å². The van der Waals surface area contributed by atoms with E-state index in [0.717, 1.165) is 0 Å². The smallest absolute Gasteiger partial charge is 0.293 e. The summed E-state index contributed by atoms with van der Waals surface area (Å²) in [6, 6.07) is 10.8. The van der Waals surface area contributed by atoms with E-state index in [1.54, 1.807) is 47.1 Å². The first-order chi connectivity index (χ1) is 16.9. The monoisotopic (exact) mass is 493 g/mol. The van der Waals surface area contributed by atoms with Crippen molar-refractivity contribution in [2.45, 2.75) is 13.0 Å². The van der Waals surface area contributed by atoms with E-state index in [0.29, 0.717) is 27.2 Å². The summed E-state index contributed by atoms with van der Waals surface area (Å²) in [7, 11) is 0. The van der Waals surface area contributed by atoms with Crippen molar-refractivity contribution in [3.63, 3.8) is 0 Å². The minimum atomic E-state index is -0.445. The zero-order valence-corrected chi connectivity index (χ0v) is 19.6. The van der Waals surface area contributed by atoms with E-state index in [9.17, 15) is 14.0 Å². The van der Waals surface area contributed by atoms with E-state index in [1.165, 1.54) is 29.2 Å². The van der Waals surface area contributed by atoms with E-state index in [1.807, 2.05) is 0 Å². The summed E-state index contributed by atoms with van der Waals surface area (Å²) in [5, 5.41) is 5.40. The molecule has 35 heavy (non-hydrogen) atoms. The van der Waals surface area contributed by atoms with E-state index >= 15 is 0 Å². The molecule has 1 aliphatic rings. The van der Waals surface area contributed by atoms with Crippen LogP contribution in [0, 0.1) is 12.7 Å². The molecule has 1 fully saturated rings. The maximum absolute atomic E-state index is 13.7. The van der Waals surface area contributed by atoms with Crippen molar-refractivity contribution in [1.29, 1.82) is 0 Å². The number of amides is 2. The Morgan fingerprint density at radius 3 is 2.80 bits per heavy atom. The first-order valence-electron chi connectivity index (χ1n) is 10.9. The highest BCUT2D eigenvalue weighted by Crippen LogP contribution is 2.28. The average Bonchev–Trinajstić information content (AvgIpc) is 3.48. The topological polar surface area (TPSA) is 84.5 Å². The van der Waals surface area contributed by atoms with Gasteiger partial charge in [-0.3, -0.25) is 9.59 Å². The molecule has 0 bridgehead atoms. The predicted octanol–water partition coefficient (Wildman–Crippen LogP) is 4.27. The van der Waals surface area contributed by atoms with Crippen LogP contribution >= 0.6 is 11.6 Å². The van der Waals surface area contributed by atoms with Crippen LogP contribution in [0.5, 0.6) is 0 Å². The Hall–Kier alpha value is -3.98. The van der Waals surface area contributed by atoms with E-state index in [4.69, 9.17) is 16.0 Å². The molecule has 1 unspecified atom stereocenters. The van der Waals surface area contributed by atoms with Gasteiger partial charge in [0.25, 0.3) is 11.8 Å². The Morgan fingerprint density at radius 1 is 1.20 bits per heavy atom. The van der Waals surface area contributed by atoms with Crippen LogP contribution < -0.4 is 0 Å². The van der Waals surface area contributed by atoms with Crippen LogP contribution in [0.1, 0.15) is 26.7 Å². The van der Waals surface area contributed by atoms with Crippen LogP contribution in [0.15, 0.2) is 65.9 Å². The van der Waals surface area contributed by atoms with Crippen molar-refractivity contribution in [1.82, 2.24) is 24.6 Å². The summed E-state index contributed by atoms with van der Waals surface area (Å²) in [4.78, 5) is 33.8. The molecular weight excluding hydrogens is 473 g/mol. The van der Waals surface area contributed by atoms with Crippen LogP contribution in [0.2, 0.25) is 5.02 Å². The fourth-order valence-electron chi connectivity index (χ4n) is 4.22. The van der Waals surface area contributed by atoms with Crippen molar-refractivity contribution in [3.8, 4) is 5.69 Å². The molecule has 2 aromatic carbocycles. The molecule has 0 radical (unpaired) electrons. The largest absolute Gasteiger partial charge is 0.451 e. The van der Waals surface area contributed by atoms with Crippen LogP contribution in [-0.2, 0) is 0 Å². The third-order valence-corrected chi connectivity index (χ3v) is 6.32. The second kappa shape index (κ2) is 8.99. The number of piperazine rings is 1. The summed E-state index contributed by atoms with van der Waals surface area (Å²) in [6.45, 7) is 6.35. The molecule has 0 saturated carbocycles. The highest BCUT2D eigenvalue weighted by atomic mass is 35.5. The normalized spacial score (nSPS) is 16.0. The van der Waals surface area contributed by atoms with Crippen molar-refractivity contribution < 1.29 is 18.4 Å². The molecule has 2 aromatic heterocycles. The summed E-state index contributed by atoms with van der Waals surface area (Å²) in [6.07, 6.45) is 3.07. The number of aryl methyl sites for hydroxylation is 1. The van der Waals surface area contributed by atoms with Gasteiger partial charge in [0.1, 0.15) is 17.7 Å². The first-order valence-corrected chi connectivity index (χ1v) is 11.3. The molecule has 178 valence electrons. The number of fused-ring (bicyclic) bond motifs is 1. The highest BCUT2D eigenvalue weighted by molar-refractivity contribution is 6.30. The lowest BCUT2D eigenvalue weighted by Gasteiger charge is -2.39. The summed E-state index contributed by atoms with van der Waals surface area (Å²) < 4.78 is 20.9. The number of nitrogens with zero attached hydrogens (tertiary/aromatic N) is 5. The number of halogens is 2. The SMILES string of the molecule is C=CC1CN(C(=O)c2ncn(-c3cccc(Cl)c3)n2)CCN1C(=O)c1oc2ccc(F)cc2c1C. The second-order valence-electron chi connectivity index (χ2n) is 8.24. The lowest BCUT2D eigenvalue weighted by atomic mass is 10.1. The average molecular weight is 494 g/mol. The Balaban J connectivity index is 1.33. The Morgan fingerprint density at radius 2 is 2.03 bits per heavy atom. The summed E-state index contributed by atoms with van der Waals surface area (Å²) in [5.41, 5.74) is 1.70. The molecule has 5 rings (SSSR count). The van der Waals surface area contributed by atoms with Gasteiger partial charge in [-0.15, -0.1) is 11.7 Å². The predicted molar refractivity (Wildman–Crippen MR) is 128 cm³/mol. The standard InChI is InChI=1S/C25H21ClFN5O3/c1-3-18-13-30(25(34)23-28-14-32(29-23)19-6-4-5-16(26)11-19)9-10-31(18)24(33)22-15(2)20-12-17(27)7-8-21(20)35-22/h3-8,11-12,14,18H,1,9-10,13H2,2H3. The van der Waals surface area contributed by atoms with Gasteiger partial charge in [0.05, 0.1) is 11.7 Å². The molecular formula is C25H21ClFN5O3. The molecule has 0 spiro atoms. The molecule has 1 atom stereocenters. The zero-order valence-electron chi connectivity index (χ0n) is 18.8. The van der Waals surface area contributed by atoms with Gasteiger partial charge in [-0.25, -0.2) is 14.1 Å². The molecule has 0 N–H and O–H groups in total. The number of rotatable bonds is 4. The van der Waals surface area contributed by atoms with E-state index in [2.05, 4.69) is 16.7 Å². The molecule has 4 aromatic rings. The third-order valence-electron chi connectivity index (χ3n) is 6.09. The van der Waals surface area contributed by atoms with Crippen LogP contribution in [0.25, 0.3) is 16.7 Å². The Bertz CT molecular complexity index is 1460. The van der Waals surface area contributed by atoms with Gasteiger partial charge in [-0.05, 0) is 43.3 Å². The van der Waals surface area contributed by atoms with Gasteiger partial charge in [0.2, 0.25) is 5.82 Å². The van der Waals surface area contributed by atoms with E-state index < -0.39 is 11.9 Å². The molecule has 1 saturated heterocycles. The van der Waals surface area contributed by atoms with Gasteiger partial charge >= 0.3 is 0 Å². The van der Waals surface area contributed by atoms with Gasteiger partial charge in [0.15, 0.2) is 5.76 Å². The first kappa shape index (κ1) is 22.8. The molecule has 1 aliphatic heterocycles. The number of carbonyl (C=O) groups excluding carboxylic acids is 2. The number of benzene rings is 2. The van der Waals surface area contributed by atoms with Crippen LogP contribution in [-0.4, -0.2) is 62.1 Å². The molecule has 3 heterocycles. The number of furan rings is 1. The Kier molecular flexibility index (Phi) is 5.86. The van der Waals surface area contributed by atoms with Crippen molar-refractivity contribution >= 4 is 34.4 Å². The molecule has 2 amide bonds. The van der Waals surface area contributed by atoms with Crippen molar-refractivity contribution in [3.05, 3.63) is 89.4 Å². The Labute approximate surface area is 205 Å². The van der Waals surface area contributed by atoms with Gasteiger partial charge < -0.3 is 14.2 Å². The van der Waals surface area contributed by atoms with Gasteiger partial charge in [-0.2, -0.15) is 0 Å². The second-order valence-corrected chi connectivity index (χ2v) is 8.68. The maximum Gasteiger partial charge on any atom is 0.293 e.